The number of rotatable bonds is 5. The van der Waals surface area contributed by atoms with Gasteiger partial charge in [0.2, 0.25) is 0 Å². The molecule has 3 heteroatoms. The first-order valence-corrected chi connectivity index (χ1v) is 8.75. The van der Waals surface area contributed by atoms with Crippen LogP contribution in [0, 0.1) is 0 Å². The van der Waals surface area contributed by atoms with Crippen molar-refractivity contribution in [1.29, 1.82) is 0 Å². The van der Waals surface area contributed by atoms with Crippen LogP contribution in [0.2, 0.25) is 0 Å². The molecule has 1 heterocycles. The fourth-order valence-corrected chi connectivity index (χ4v) is 3.56. The maximum atomic E-state index is 4.50. The molecule has 4 rings (SSSR count). The predicted octanol–water partition coefficient (Wildman–Crippen LogP) is 4.10. The number of fused-ring (bicyclic) bond motifs is 1. The van der Waals surface area contributed by atoms with E-state index in [4.69, 9.17) is 0 Å². The van der Waals surface area contributed by atoms with Crippen molar-refractivity contribution in [3.63, 3.8) is 0 Å². The zero-order chi connectivity index (χ0) is 16.2. The Morgan fingerprint density at radius 3 is 2.75 bits per heavy atom. The van der Waals surface area contributed by atoms with Crippen LogP contribution in [0.15, 0.2) is 67.0 Å². The van der Waals surface area contributed by atoms with Crippen LogP contribution in [0.1, 0.15) is 41.1 Å². The van der Waals surface area contributed by atoms with Gasteiger partial charge in [-0.25, -0.2) is 0 Å². The molecule has 0 spiro atoms. The molecule has 0 amide bonds. The fourth-order valence-electron chi connectivity index (χ4n) is 3.56. The first kappa shape index (κ1) is 15.2. The first-order valence-electron chi connectivity index (χ1n) is 8.75. The van der Waals surface area contributed by atoms with Crippen molar-refractivity contribution in [3.05, 3.63) is 89.2 Å². The number of benzene rings is 2. The summed E-state index contributed by atoms with van der Waals surface area (Å²) in [4.78, 5) is 0. The van der Waals surface area contributed by atoms with Gasteiger partial charge in [0.1, 0.15) is 0 Å². The molecule has 1 N–H and O–H groups in total. The van der Waals surface area contributed by atoms with Gasteiger partial charge in [0.25, 0.3) is 0 Å². The minimum atomic E-state index is 0.465. The van der Waals surface area contributed by atoms with Crippen LogP contribution >= 0.6 is 0 Å². The Bertz CT molecular complexity index is 792. The lowest BCUT2D eigenvalue weighted by Crippen LogP contribution is -2.24. The van der Waals surface area contributed by atoms with Crippen molar-refractivity contribution >= 4 is 0 Å². The number of aryl methyl sites for hydroxylation is 1. The summed E-state index contributed by atoms with van der Waals surface area (Å²) in [6, 6.07) is 19.8. The molecule has 1 aliphatic rings. The summed E-state index contributed by atoms with van der Waals surface area (Å²) in [5.74, 6) is 0. The molecule has 0 fully saturated rings. The van der Waals surface area contributed by atoms with Gasteiger partial charge < -0.3 is 5.32 Å². The lowest BCUT2D eigenvalue weighted by Gasteiger charge is -2.26. The van der Waals surface area contributed by atoms with E-state index >= 15 is 0 Å². The highest BCUT2D eigenvalue weighted by Crippen LogP contribution is 2.29. The lowest BCUT2D eigenvalue weighted by molar-refractivity contribution is 0.459. The topological polar surface area (TPSA) is 29.9 Å². The van der Waals surface area contributed by atoms with Crippen molar-refractivity contribution in [2.24, 2.45) is 0 Å². The van der Waals surface area contributed by atoms with Crippen LogP contribution in [0.4, 0.5) is 0 Å². The van der Waals surface area contributed by atoms with Crippen LogP contribution in [-0.4, -0.2) is 9.78 Å². The fraction of sp³-hybridized carbons (Fsp3) is 0.286. The zero-order valence-corrected chi connectivity index (χ0v) is 13.9. The summed E-state index contributed by atoms with van der Waals surface area (Å²) in [6.07, 6.45) is 7.82. The highest BCUT2D eigenvalue weighted by molar-refractivity contribution is 5.32. The Morgan fingerprint density at radius 1 is 1.00 bits per heavy atom. The lowest BCUT2D eigenvalue weighted by atomic mass is 9.88. The third-order valence-corrected chi connectivity index (χ3v) is 4.80. The van der Waals surface area contributed by atoms with E-state index in [1.807, 2.05) is 16.9 Å². The first-order chi connectivity index (χ1) is 11.9. The molecular formula is C21H23N3. The molecule has 0 bridgehead atoms. The van der Waals surface area contributed by atoms with Crippen LogP contribution in [-0.2, 0) is 19.5 Å². The van der Waals surface area contributed by atoms with Gasteiger partial charge in [-0.3, -0.25) is 4.68 Å². The predicted molar refractivity (Wildman–Crippen MR) is 96.7 cm³/mol. The Labute approximate surface area is 143 Å². The Kier molecular flexibility index (Phi) is 4.43. The van der Waals surface area contributed by atoms with Gasteiger partial charge in [0.15, 0.2) is 0 Å². The quantitative estimate of drug-likeness (QED) is 0.768. The van der Waals surface area contributed by atoms with E-state index in [0.717, 1.165) is 13.1 Å². The molecule has 1 aliphatic carbocycles. The summed E-state index contributed by atoms with van der Waals surface area (Å²) in [5, 5.41) is 8.21. The standard InChI is InChI=1S/C21H23N3/c1-2-7-17(8-3-1)15-24-16-18(14-23-24)13-22-21-12-6-10-19-9-4-5-11-20(19)21/h1-5,7-9,11,14,16,21-22H,6,10,12-13,15H2/t21-/m1/s1. The van der Waals surface area contributed by atoms with Crippen molar-refractivity contribution < 1.29 is 0 Å². The van der Waals surface area contributed by atoms with E-state index in [-0.39, 0.29) is 0 Å². The molecule has 3 aromatic rings. The molecule has 0 saturated heterocycles. The van der Waals surface area contributed by atoms with Gasteiger partial charge in [-0.05, 0) is 36.0 Å². The summed E-state index contributed by atoms with van der Waals surface area (Å²) in [7, 11) is 0. The summed E-state index contributed by atoms with van der Waals surface area (Å²) in [6.45, 7) is 1.70. The molecule has 3 nitrogen and oxygen atoms in total. The SMILES string of the molecule is c1ccc(Cn2cc(CN[C@@H]3CCCc4ccccc43)cn2)cc1. The highest BCUT2D eigenvalue weighted by atomic mass is 15.3. The van der Waals surface area contributed by atoms with E-state index in [1.54, 1.807) is 0 Å². The average molecular weight is 317 g/mol. The van der Waals surface area contributed by atoms with E-state index in [1.165, 1.54) is 41.5 Å². The molecule has 0 unspecified atom stereocenters. The van der Waals surface area contributed by atoms with E-state index in [0.29, 0.717) is 6.04 Å². The molecule has 0 saturated carbocycles. The van der Waals surface area contributed by atoms with E-state index in [2.05, 4.69) is 65.1 Å². The molecule has 2 aromatic carbocycles. The van der Waals surface area contributed by atoms with Crippen LogP contribution in [0.3, 0.4) is 0 Å². The van der Waals surface area contributed by atoms with Gasteiger partial charge in [-0.2, -0.15) is 5.10 Å². The number of hydrogen-bond acceptors (Lipinski definition) is 2. The smallest absolute Gasteiger partial charge is 0.0659 e. The summed E-state index contributed by atoms with van der Waals surface area (Å²) >= 11 is 0. The maximum Gasteiger partial charge on any atom is 0.0659 e. The third kappa shape index (κ3) is 3.41. The molecule has 1 aromatic heterocycles. The molecule has 122 valence electrons. The van der Waals surface area contributed by atoms with Crippen molar-refractivity contribution in [1.82, 2.24) is 15.1 Å². The van der Waals surface area contributed by atoms with Crippen molar-refractivity contribution in [3.8, 4) is 0 Å². The Hall–Kier alpha value is -2.39. The number of hydrogen-bond donors (Lipinski definition) is 1. The minimum Gasteiger partial charge on any atom is -0.306 e. The second-order valence-electron chi connectivity index (χ2n) is 6.56. The third-order valence-electron chi connectivity index (χ3n) is 4.80. The molecule has 24 heavy (non-hydrogen) atoms. The summed E-state index contributed by atoms with van der Waals surface area (Å²) < 4.78 is 2.02. The van der Waals surface area contributed by atoms with Crippen LogP contribution in [0.25, 0.3) is 0 Å². The van der Waals surface area contributed by atoms with Gasteiger partial charge in [-0.1, -0.05) is 54.6 Å². The normalized spacial score (nSPS) is 16.8. The second kappa shape index (κ2) is 7.02. The highest BCUT2D eigenvalue weighted by Gasteiger charge is 2.19. The Balaban J connectivity index is 1.39. The number of aromatic nitrogens is 2. The van der Waals surface area contributed by atoms with Crippen LogP contribution < -0.4 is 5.32 Å². The van der Waals surface area contributed by atoms with Gasteiger partial charge >= 0.3 is 0 Å². The van der Waals surface area contributed by atoms with E-state index in [9.17, 15) is 0 Å². The monoisotopic (exact) mass is 317 g/mol. The molecular weight excluding hydrogens is 294 g/mol. The van der Waals surface area contributed by atoms with Crippen LogP contribution in [0.5, 0.6) is 0 Å². The zero-order valence-electron chi connectivity index (χ0n) is 13.9. The molecule has 1 atom stereocenters. The van der Waals surface area contributed by atoms with Gasteiger partial charge in [0, 0.05) is 24.3 Å². The minimum absolute atomic E-state index is 0.465. The van der Waals surface area contributed by atoms with Gasteiger partial charge in [-0.15, -0.1) is 0 Å². The van der Waals surface area contributed by atoms with Crippen molar-refractivity contribution in [2.45, 2.75) is 38.4 Å². The van der Waals surface area contributed by atoms with E-state index < -0.39 is 0 Å². The van der Waals surface area contributed by atoms with Gasteiger partial charge in [0.05, 0.1) is 12.7 Å². The molecule has 0 aliphatic heterocycles. The molecule has 0 radical (unpaired) electrons. The largest absolute Gasteiger partial charge is 0.306 e. The average Bonchev–Trinajstić information content (AvgIpc) is 3.08. The number of nitrogens with one attached hydrogen (secondary N) is 1. The summed E-state index contributed by atoms with van der Waals surface area (Å²) in [5.41, 5.74) is 5.50. The van der Waals surface area contributed by atoms with Crippen molar-refractivity contribution in [2.75, 3.05) is 0 Å². The number of nitrogens with zero attached hydrogens (tertiary/aromatic N) is 2. The Morgan fingerprint density at radius 2 is 1.83 bits per heavy atom. The second-order valence-corrected chi connectivity index (χ2v) is 6.56. The maximum absolute atomic E-state index is 4.50.